The highest BCUT2D eigenvalue weighted by molar-refractivity contribution is 5.87. The molecule has 19 heavy (non-hydrogen) atoms. The Morgan fingerprint density at radius 2 is 1.68 bits per heavy atom. The van der Waals surface area contributed by atoms with E-state index >= 15 is 0 Å². The summed E-state index contributed by atoms with van der Waals surface area (Å²) in [6.45, 7) is 1.64. The molecule has 4 atom stereocenters. The van der Waals surface area contributed by atoms with Crippen LogP contribution >= 0.6 is 0 Å². The lowest BCUT2D eigenvalue weighted by molar-refractivity contribution is -0.153. The number of carbonyl (C=O) groups is 2. The second-order valence-electron chi connectivity index (χ2n) is 5.75. The van der Waals surface area contributed by atoms with Gasteiger partial charge in [0, 0.05) is 13.1 Å². The van der Waals surface area contributed by atoms with Crippen LogP contribution in [0.3, 0.4) is 0 Å². The number of rotatable bonds is 2. The number of amides is 1. The maximum atomic E-state index is 12.7. The van der Waals surface area contributed by atoms with E-state index in [1.165, 1.54) is 13.5 Å². The van der Waals surface area contributed by atoms with Gasteiger partial charge in [0.25, 0.3) is 0 Å². The number of likely N-dealkylation sites (tertiary alicyclic amines) is 1. The van der Waals surface area contributed by atoms with Gasteiger partial charge >= 0.3 is 5.97 Å². The molecule has 2 unspecified atom stereocenters. The Bertz CT molecular complexity index is 378. The number of hydrogen-bond acceptors (Lipinski definition) is 4. The molecule has 3 aliphatic rings. The van der Waals surface area contributed by atoms with Gasteiger partial charge in [-0.2, -0.15) is 0 Å². The van der Waals surface area contributed by atoms with Crippen molar-refractivity contribution in [1.82, 2.24) is 4.90 Å². The Morgan fingerprint density at radius 3 is 2.32 bits per heavy atom. The first-order valence-electron chi connectivity index (χ1n) is 7.24. The van der Waals surface area contributed by atoms with Crippen molar-refractivity contribution in [2.24, 2.45) is 11.8 Å². The smallest absolute Gasteiger partial charge is 0.312 e. The van der Waals surface area contributed by atoms with Crippen molar-refractivity contribution < 1.29 is 19.1 Å². The van der Waals surface area contributed by atoms with Gasteiger partial charge in [-0.25, -0.2) is 0 Å². The Hall–Kier alpha value is -1.10. The molecule has 0 aromatic carbocycles. The maximum Gasteiger partial charge on any atom is 0.312 e. The topological polar surface area (TPSA) is 55.8 Å². The molecule has 1 amide bonds. The fourth-order valence-corrected chi connectivity index (χ4v) is 3.75. The van der Waals surface area contributed by atoms with Crippen molar-refractivity contribution in [3.05, 3.63) is 0 Å². The van der Waals surface area contributed by atoms with E-state index in [4.69, 9.17) is 9.47 Å². The molecular weight excluding hydrogens is 246 g/mol. The van der Waals surface area contributed by atoms with Crippen LogP contribution in [0.5, 0.6) is 0 Å². The first-order valence-corrected chi connectivity index (χ1v) is 7.24. The van der Waals surface area contributed by atoms with Crippen LogP contribution in [0.25, 0.3) is 0 Å². The van der Waals surface area contributed by atoms with E-state index in [2.05, 4.69) is 0 Å². The van der Waals surface area contributed by atoms with E-state index in [0.29, 0.717) is 0 Å². The average molecular weight is 267 g/mol. The van der Waals surface area contributed by atoms with Crippen LogP contribution in [0, 0.1) is 11.8 Å². The van der Waals surface area contributed by atoms with Gasteiger partial charge in [-0.1, -0.05) is 0 Å². The zero-order chi connectivity index (χ0) is 13.4. The lowest BCUT2D eigenvalue weighted by atomic mass is 9.78. The molecule has 3 saturated heterocycles. The van der Waals surface area contributed by atoms with Crippen molar-refractivity contribution in [3.63, 3.8) is 0 Å². The van der Waals surface area contributed by atoms with Gasteiger partial charge in [-0.3, -0.25) is 9.59 Å². The molecule has 5 nitrogen and oxygen atoms in total. The summed E-state index contributed by atoms with van der Waals surface area (Å²) in [7, 11) is 1.39. The number of hydrogen-bond donors (Lipinski definition) is 0. The zero-order valence-corrected chi connectivity index (χ0v) is 11.3. The van der Waals surface area contributed by atoms with E-state index in [0.717, 1.165) is 38.8 Å². The van der Waals surface area contributed by atoms with Crippen molar-refractivity contribution in [3.8, 4) is 0 Å². The first kappa shape index (κ1) is 12.9. The van der Waals surface area contributed by atoms with Crippen LogP contribution in [0.2, 0.25) is 0 Å². The summed E-state index contributed by atoms with van der Waals surface area (Å²) < 4.78 is 10.6. The minimum absolute atomic E-state index is 0.0801. The number of ether oxygens (including phenoxy) is 2. The Labute approximate surface area is 113 Å². The molecule has 0 radical (unpaired) electrons. The van der Waals surface area contributed by atoms with E-state index in [1.54, 1.807) is 0 Å². The largest absolute Gasteiger partial charge is 0.469 e. The van der Waals surface area contributed by atoms with Gasteiger partial charge in [0.15, 0.2) is 0 Å². The van der Waals surface area contributed by atoms with Crippen LogP contribution in [-0.2, 0) is 19.1 Å². The number of esters is 1. The Kier molecular flexibility index (Phi) is 3.48. The fourth-order valence-electron chi connectivity index (χ4n) is 3.75. The third kappa shape index (κ3) is 2.14. The molecule has 3 aliphatic heterocycles. The van der Waals surface area contributed by atoms with Crippen LogP contribution in [0.1, 0.15) is 32.1 Å². The van der Waals surface area contributed by atoms with Gasteiger partial charge < -0.3 is 14.4 Å². The second kappa shape index (κ2) is 5.12. The predicted molar refractivity (Wildman–Crippen MR) is 67.3 cm³/mol. The highest BCUT2D eigenvalue weighted by atomic mass is 16.5. The molecule has 5 heteroatoms. The van der Waals surface area contributed by atoms with Gasteiger partial charge in [0.2, 0.25) is 5.91 Å². The molecule has 0 aromatic rings. The number of fused-ring (bicyclic) bond motifs is 2. The Morgan fingerprint density at radius 1 is 1.05 bits per heavy atom. The third-order valence-electron chi connectivity index (χ3n) is 4.70. The number of methoxy groups -OCH3 is 1. The third-order valence-corrected chi connectivity index (χ3v) is 4.70. The zero-order valence-electron chi connectivity index (χ0n) is 11.3. The molecule has 0 N–H and O–H groups in total. The SMILES string of the molecule is COC(=O)C1C(C(=O)N2CCCCC2)[C@@H]2CC[C@H]1O2. The van der Waals surface area contributed by atoms with E-state index in [9.17, 15) is 9.59 Å². The molecule has 2 bridgehead atoms. The molecule has 0 aromatic heterocycles. The van der Waals surface area contributed by atoms with Crippen LogP contribution < -0.4 is 0 Å². The first-order chi connectivity index (χ1) is 9.22. The molecule has 106 valence electrons. The minimum Gasteiger partial charge on any atom is -0.469 e. The van der Waals surface area contributed by atoms with E-state index < -0.39 is 5.92 Å². The molecular formula is C14H21NO4. The summed E-state index contributed by atoms with van der Waals surface area (Å²) in [5, 5.41) is 0. The lowest BCUT2D eigenvalue weighted by Gasteiger charge is -2.33. The molecule has 3 rings (SSSR count). The summed E-state index contributed by atoms with van der Waals surface area (Å²) in [6.07, 6.45) is 4.89. The molecule has 0 aliphatic carbocycles. The summed E-state index contributed by atoms with van der Waals surface area (Å²) in [4.78, 5) is 26.5. The quantitative estimate of drug-likeness (QED) is 0.699. The molecule has 0 spiro atoms. The average Bonchev–Trinajstić information content (AvgIpc) is 3.07. The number of carbonyl (C=O) groups excluding carboxylic acids is 2. The molecule has 3 heterocycles. The minimum atomic E-state index is -0.391. The molecule has 0 saturated carbocycles. The maximum absolute atomic E-state index is 12.7. The van der Waals surface area contributed by atoms with Crippen LogP contribution in [0.15, 0.2) is 0 Å². The van der Waals surface area contributed by atoms with Crippen molar-refractivity contribution in [2.45, 2.75) is 44.3 Å². The second-order valence-corrected chi connectivity index (χ2v) is 5.75. The Balaban J connectivity index is 1.77. The highest BCUT2D eigenvalue weighted by Crippen LogP contribution is 2.45. The van der Waals surface area contributed by atoms with Gasteiger partial charge in [-0.15, -0.1) is 0 Å². The van der Waals surface area contributed by atoms with Crippen LogP contribution in [-0.4, -0.2) is 49.2 Å². The van der Waals surface area contributed by atoms with Crippen molar-refractivity contribution in [2.75, 3.05) is 20.2 Å². The summed E-state index contributed by atoms with van der Waals surface area (Å²) in [5.41, 5.74) is 0. The summed E-state index contributed by atoms with van der Waals surface area (Å²) in [5.74, 6) is -0.896. The lowest BCUT2D eigenvalue weighted by Crippen LogP contribution is -2.47. The predicted octanol–water partition coefficient (Wildman–Crippen LogP) is 0.965. The van der Waals surface area contributed by atoms with E-state index in [1.807, 2.05) is 4.90 Å². The van der Waals surface area contributed by atoms with Gasteiger partial charge in [-0.05, 0) is 32.1 Å². The van der Waals surface area contributed by atoms with Gasteiger partial charge in [0.05, 0.1) is 31.2 Å². The number of piperidine rings is 1. The van der Waals surface area contributed by atoms with Crippen LogP contribution in [0.4, 0.5) is 0 Å². The van der Waals surface area contributed by atoms with Crippen molar-refractivity contribution in [1.29, 1.82) is 0 Å². The normalized spacial score (nSPS) is 37.4. The molecule has 3 fully saturated rings. The standard InChI is InChI=1S/C14H21NO4/c1-18-14(17)12-10-6-5-9(19-10)11(12)13(16)15-7-3-2-4-8-15/h9-12H,2-8H2,1H3/t9-,10+,11?,12?/m0/s1. The summed E-state index contributed by atoms with van der Waals surface area (Å²) >= 11 is 0. The fraction of sp³-hybridized carbons (Fsp3) is 0.857. The van der Waals surface area contributed by atoms with E-state index in [-0.39, 0.29) is 30.0 Å². The van der Waals surface area contributed by atoms with Gasteiger partial charge in [0.1, 0.15) is 0 Å². The van der Waals surface area contributed by atoms with Crippen molar-refractivity contribution >= 4 is 11.9 Å². The highest BCUT2D eigenvalue weighted by Gasteiger charge is 2.56. The summed E-state index contributed by atoms with van der Waals surface area (Å²) in [6, 6.07) is 0. The number of nitrogens with zero attached hydrogens (tertiary/aromatic N) is 1. The monoisotopic (exact) mass is 267 g/mol.